The summed E-state index contributed by atoms with van der Waals surface area (Å²) in [6.07, 6.45) is -2.51. The van der Waals surface area contributed by atoms with E-state index in [1.165, 1.54) is 4.90 Å². The maximum Gasteiger partial charge on any atom is 0.393 e. The lowest BCUT2D eigenvalue weighted by Gasteiger charge is -2.38. The second-order valence-corrected chi connectivity index (χ2v) is 7.12. The minimum Gasteiger partial charge on any atom is -0.342 e. The molecule has 2 aliphatic heterocycles. The second kappa shape index (κ2) is 7.68. The summed E-state index contributed by atoms with van der Waals surface area (Å²) < 4.78 is 39.0. The second-order valence-electron chi connectivity index (χ2n) is 7.12. The molecular formula is C19H23F3N2O2. The van der Waals surface area contributed by atoms with Gasteiger partial charge < -0.3 is 9.80 Å². The number of nitrogens with zero attached hydrogens (tertiary/aromatic N) is 2. The van der Waals surface area contributed by atoms with Crippen LogP contribution in [0.4, 0.5) is 13.2 Å². The molecule has 1 aromatic rings. The number of amides is 2. The molecule has 0 radical (unpaired) electrons. The first-order chi connectivity index (χ1) is 12.4. The van der Waals surface area contributed by atoms with Crippen molar-refractivity contribution in [1.29, 1.82) is 0 Å². The summed E-state index contributed by atoms with van der Waals surface area (Å²) in [6.45, 7) is 0.961. The van der Waals surface area contributed by atoms with Crippen LogP contribution in [0.2, 0.25) is 0 Å². The van der Waals surface area contributed by atoms with E-state index in [0.717, 1.165) is 0 Å². The van der Waals surface area contributed by atoms with E-state index in [-0.39, 0.29) is 31.3 Å². The lowest BCUT2D eigenvalue weighted by molar-refractivity contribution is -0.188. The number of piperidine rings is 2. The van der Waals surface area contributed by atoms with Crippen LogP contribution in [0.1, 0.15) is 36.0 Å². The minimum atomic E-state index is -4.26. The number of benzene rings is 1. The third kappa shape index (κ3) is 4.19. The Kier molecular flexibility index (Phi) is 5.53. The number of halogens is 3. The molecule has 3 rings (SSSR count). The van der Waals surface area contributed by atoms with E-state index in [9.17, 15) is 22.8 Å². The monoisotopic (exact) mass is 368 g/mol. The summed E-state index contributed by atoms with van der Waals surface area (Å²) >= 11 is 0. The van der Waals surface area contributed by atoms with Crippen molar-refractivity contribution in [2.24, 2.45) is 11.8 Å². The molecule has 0 N–H and O–H groups in total. The predicted molar refractivity (Wildman–Crippen MR) is 90.4 cm³/mol. The van der Waals surface area contributed by atoms with Crippen molar-refractivity contribution in [1.82, 2.24) is 9.80 Å². The number of hydrogen-bond donors (Lipinski definition) is 0. The molecule has 1 aromatic carbocycles. The van der Waals surface area contributed by atoms with Crippen LogP contribution in [0.5, 0.6) is 0 Å². The highest BCUT2D eigenvalue weighted by atomic mass is 19.4. The van der Waals surface area contributed by atoms with E-state index in [1.807, 2.05) is 6.07 Å². The first-order valence-electron chi connectivity index (χ1n) is 9.06. The van der Waals surface area contributed by atoms with Crippen molar-refractivity contribution in [3.05, 3.63) is 35.9 Å². The van der Waals surface area contributed by atoms with E-state index in [1.54, 1.807) is 29.2 Å². The van der Waals surface area contributed by atoms with Gasteiger partial charge in [0.1, 0.15) is 0 Å². The van der Waals surface area contributed by atoms with E-state index in [2.05, 4.69) is 0 Å². The Morgan fingerprint density at radius 1 is 0.923 bits per heavy atom. The SMILES string of the molecule is O=C(c1ccccc1)N1CCCC(C(=O)N2CCCC(C(F)(F)F)C2)C1. The highest BCUT2D eigenvalue weighted by Crippen LogP contribution is 2.34. The van der Waals surface area contributed by atoms with Gasteiger partial charge in [-0.2, -0.15) is 13.2 Å². The number of alkyl halides is 3. The molecule has 2 atom stereocenters. The third-order valence-corrected chi connectivity index (χ3v) is 5.27. The summed E-state index contributed by atoms with van der Waals surface area (Å²) in [5.41, 5.74) is 0.565. The van der Waals surface area contributed by atoms with E-state index in [0.29, 0.717) is 37.9 Å². The van der Waals surface area contributed by atoms with Gasteiger partial charge in [-0.1, -0.05) is 18.2 Å². The van der Waals surface area contributed by atoms with Crippen molar-refractivity contribution in [2.45, 2.75) is 31.9 Å². The zero-order chi connectivity index (χ0) is 18.7. The van der Waals surface area contributed by atoms with E-state index < -0.39 is 18.0 Å². The molecule has 2 aliphatic rings. The molecule has 0 aliphatic carbocycles. The molecule has 2 saturated heterocycles. The molecule has 2 unspecified atom stereocenters. The van der Waals surface area contributed by atoms with Crippen LogP contribution in [0, 0.1) is 11.8 Å². The fourth-order valence-electron chi connectivity index (χ4n) is 3.83. The average molecular weight is 368 g/mol. The number of hydrogen-bond acceptors (Lipinski definition) is 2. The van der Waals surface area contributed by atoms with Crippen molar-refractivity contribution >= 4 is 11.8 Å². The molecule has 0 saturated carbocycles. The summed E-state index contributed by atoms with van der Waals surface area (Å²) in [5, 5.41) is 0. The van der Waals surface area contributed by atoms with Crippen LogP contribution in [0.25, 0.3) is 0 Å². The van der Waals surface area contributed by atoms with Crippen LogP contribution >= 0.6 is 0 Å². The van der Waals surface area contributed by atoms with Gasteiger partial charge in [0.25, 0.3) is 5.91 Å². The zero-order valence-corrected chi connectivity index (χ0v) is 14.5. The first-order valence-corrected chi connectivity index (χ1v) is 9.06. The van der Waals surface area contributed by atoms with Crippen LogP contribution in [0.3, 0.4) is 0 Å². The minimum absolute atomic E-state index is 0.0799. The van der Waals surface area contributed by atoms with Crippen molar-refractivity contribution in [3.8, 4) is 0 Å². The third-order valence-electron chi connectivity index (χ3n) is 5.27. The average Bonchev–Trinajstić information content (AvgIpc) is 2.67. The van der Waals surface area contributed by atoms with Crippen LogP contribution in [-0.2, 0) is 4.79 Å². The smallest absolute Gasteiger partial charge is 0.342 e. The zero-order valence-electron chi connectivity index (χ0n) is 14.5. The molecule has 4 nitrogen and oxygen atoms in total. The molecule has 7 heteroatoms. The van der Waals surface area contributed by atoms with Crippen molar-refractivity contribution in [3.63, 3.8) is 0 Å². The molecule has 0 spiro atoms. The Morgan fingerprint density at radius 3 is 2.27 bits per heavy atom. The Morgan fingerprint density at radius 2 is 1.58 bits per heavy atom. The maximum absolute atomic E-state index is 13.0. The Hall–Kier alpha value is -2.05. The predicted octanol–water partition coefficient (Wildman–Crippen LogP) is 3.34. The van der Waals surface area contributed by atoms with Gasteiger partial charge >= 0.3 is 6.18 Å². The molecule has 142 valence electrons. The van der Waals surface area contributed by atoms with Gasteiger partial charge in [0, 0.05) is 31.7 Å². The van der Waals surface area contributed by atoms with Crippen molar-refractivity contribution in [2.75, 3.05) is 26.2 Å². The Balaban J connectivity index is 1.64. The molecule has 2 heterocycles. The Bertz CT molecular complexity index is 648. The normalized spacial score (nSPS) is 24.4. The Labute approximate surface area is 151 Å². The maximum atomic E-state index is 13.0. The molecular weight excluding hydrogens is 345 g/mol. The molecule has 0 bridgehead atoms. The lowest BCUT2D eigenvalue weighted by Crippen LogP contribution is -2.50. The topological polar surface area (TPSA) is 40.6 Å². The van der Waals surface area contributed by atoms with Crippen molar-refractivity contribution < 1.29 is 22.8 Å². The van der Waals surface area contributed by atoms with Gasteiger partial charge in [0.2, 0.25) is 5.91 Å². The summed E-state index contributed by atoms with van der Waals surface area (Å²) in [5.74, 6) is -2.23. The van der Waals surface area contributed by atoms with Gasteiger partial charge in [0.05, 0.1) is 11.8 Å². The fraction of sp³-hybridized carbons (Fsp3) is 0.579. The number of carbonyl (C=O) groups excluding carboxylic acids is 2. The van der Waals surface area contributed by atoms with Gasteiger partial charge in [-0.15, -0.1) is 0 Å². The van der Waals surface area contributed by atoms with E-state index >= 15 is 0 Å². The highest BCUT2D eigenvalue weighted by Gasteiger charge is 2.43. The number of carbonyl (C=O) groups is 2. The summed E-state index contributed by atoms with van der Waals surface area (Å²) in [4.78, 5) is 28.3. The van der Waals surface area contributed by atoms with Gasteiger partial charge in [0.15, 0.2) is 0 Å². The highest BCUT2D eigenvalue weighted by molar-refractivity contribution is 5.94. The van der Waals surface area contributed by atoms with Gasteiger partial charge in [-0.25, -0.2) is 0 Å². The fourth-order valence-corrected chi connectivity index (χ4v) is 3.83. The summed E-state index contributed by atoms with van der Waals surface area (Å²) in [7, 11) is 0. The molecule has 26 heavy (non-hydrogen) atoms. The first kappa shape index (κ1) is 18.7. The summed E-state index contributed by atoms with van der Waals surface area (Å²) in [6, 6.07) is 8.85. The quantitative estimate of drug-likeness (QED) is 0.803. The van der Waals surface area contributed by atoms with E-state index in [4.69, 9.17) is 0 Å². The van der Waals surface area contributed by atoms with Crippen LogP contribution in [0.15, 0.2) is 30.3 Å². The van der Waals surface area contributed by atoms with Crippen LogP contribution in [-0.4, -0.2) is 54.0 Å². The van der Waals surface area contributed by atoms with Gasteiger partial charge in [-0.3, -0.25) is 9.59 Å². The molecule has 2 amide bonds. The molecule has 0 aromatic heterocycles. The van der Waals surface area contributed by atoms with Crippen LogP contribution < -0.4 is 0 Å². The number of rotatable bonds is 2. The molecule has 2 fully saturated rings. The standard InChI is InChI=1S/C19H23F3N2O2/c20-19(21,22)16-9-5-11-24(13-16)18(26)15-8-4-10-23(12-15)17(25)14-6-2-1-3-7-14/h1-3,6-7,15-16H,4-5,8-13H2. The lowest BCUT2D eigenvalue weighted by atomic mass is 9.92. The largest absolute Gasteiger partial charge is 0.393 e. The van der Waals surface area contributed by atoms with Gasteiger partial charge in [-0.05, 0) is 37.8 Å². The number of likely N-dealkylation sites (tertiary alicyclic amines) is 2.